The molecule has 0 saturated heterocycles. The van der Waals surface area contributed by atoms with Crippen molar-refractivity contribution in [2.75, 3.05) is 4.90 Å². The second kappa shape index (κ2) is 16.3. The van der Waals surface area contributed by atoms with Gasteiger partial charge in [0.2, 0.25) is 0 Å². The lowest BCUT2D eigenvalue weighted by atomic mass is 9.64. The second-order valence-corrected chi connectivity index (χ2v) is 26.9. The molecular weight excluding hydrogens is 943 g/mol. The molecule has 0 aromatic heterocycles. The fourth-order valence-electron chi connectivity index (χ4n) is 14.2. The number of benzene rings is 10. The molecule has 0 radical (unpaired) electrons. The largest absolute Gasteiger partial charge is 0.457 e. The van der Waals surface area contributed by atoms with Crippen molar-refractivity contribution in [3.63, 3.8) is 0 Å². The number of anilines is 3. The van der Waals surface area contributed by atoms with E-state index < -0.39 is 10.8 Å². The van der Waals surface area contributed by atoms with Crippen LogP contribution in [0.25, 0.3) is 44.2 Å². The first kappa shape index (κ1) is 48.4. The molecule has 2 nitrogen and oxygen atoms in total. The normalized spacial score (nSPS) is 15.0. The summed E-state index contributed by atoms with van der Waals surface area (Å²) in [6, 6.07) is 77.6. The van der Waals surface area contributed by atoms with Crippen molar-refractivity contribution in [3.05, 3.63) is 267 Å². The Morgan fingerprint density at radius 1 is 0.308 bits per heavy atom. The summed E-state index contributed by atoms with van der Waals surface area (Å²) in [5.74, 6) is 1.81. The Balaban J connectivity index is 1.10. The summed E-state index contributed by atoms with van der Waals surface area (Å²) in [6.07, 6.45) is 0. The van der Waals surface area contributed by atoms with Crippen LogP contribution in [0.4, 0.5) is 17.1 Å². The fourth-order valence-corrected chi connectivity index (χ4v) is 14.2. The maximum atomic E-state index is 7.10. The minimum atomic E-state index is -0.686. The molecule has 0 N–H and O–H groups in total. The molecule has 0 saturated carbocycles. The monoisotopic (exact) mass is 1010 g/mol. The van der Waals surface area contributed by atoms with Crippen LogP contribution < -0.4 is 9.64 Å². The van der Waals surface area contributed by atoms with Crippen molar-refractivity contribution in [1.82, 2.24) is 0 Å². The number of rotatable bonds is 3. The molecule has 0 unspecified atom stereocenters. The Bertz CT molecular complexity index is 4040. The third-order valence-electron chi connectivity index (χ3n) is 18.2. The van der Waals surface area contributed by atoms with Gasteiger partial charge in [0, 0.05) is 27.8 Å². The van der Waals surface area contributed by atoms with Gasteiger partial charge < -0.3 is 9.64 Å². The van der Waals surface area contributed by atoms with E-state index in [1.807, 2.05) is 0 Å². The summed E-state index contributed by atoms with van der Waals surface area (Å²) in [5.41, 5.74) is 25.2. The standard InChI is InChI=1S/C76H69NO/c1-71(2,3)47-31-36-54-55-37-32-48(72(4,5)6)42-62(55)76(61(54)41-47)58-26-17-15-24-53(58)56-38-35-51(45-63(56)76)77(66-29-19-22-46-21-13-14-23-52(46)66)67-30-20-28-60-70(67)57-25-16-18-27-59(57)75(60)64-43-49(73(7,8)9)33-39-68(64)78-69-40-34-50(44-65(69)75)74(10,11)12/h13-45H,1-12H3. The number of hydrogen-bond acceptors (Lipinski definition) is 2. The van der Waals surface area contributed by atoms with Gasteiger partial charge in [-0.15, -0.1) is 0 Å². The smallest absolute Gasteiger partial charge is 0.132 e. The zero-order chi connectivity index (χ0) is 54.1. The lowest BCUT2D eigenvalue weighted by Gasteiger charge is -2.41. The first-order valence-electron chi connectivity index (χ1n) is 28.2. The summed E-state index contributed by atoms with van der Waals surface area (Å²) >= 11 is 0. The molecule has 1 aliphatic heterocycles. The van der Waals surface area contributed by atoms with E-state index in [1.54, 1.807) is 0 Å². The van der Waals surface area contributed by atoms with E-state index >= 15 is 0 Å². The van der Waals surface area contributed by atoms with Gasteiger partial charge in [0.25, 0.3) is 0 Å². The first-order valence-corrected chi connectivity index (χ1v) is 28.2. The summed E-state index contributed by atoms with van der Waals surface area (Å²) in [5, 5.41) is 2.40. The molecule has 14 rings (SSSR count). The zero-order valence-electron chi connectivity index (χ0n) is 47.4. The van der Waals surface area contributed by atoms with E-state index in [0.29, 0.717) is 0 Å². The Hall–Kier alpha value is -7.94. The third-order valence-corrected chi connectivity index (χ3v) is 18.2. The predicted octanol–water partition coefficient (Wildman–Crippen LogP) is 20.3. The summed E-state index contributed by atoms with van der Waals surface area (Å²) in [7, 11) is 0. The molecule has 1 heterocycles. The molecule has 0 atom stereocenters. The van der Waals surface area contributed by atoms with Gasteiger partial charge in [0.15, 0.2) is 0 Å². The highest BCUT2D eigenvalue weighted by molar-refractivity contribution is 6.05. The van der Waals surface area contributed by atoms with Crippen LogP contribution in [-0.2, 0) is 32.5 Å². The Morgan fingerprint density at radius 2 is 0.705 bits per heavy atom. The molecule has 0 fully saturated rings. The van der Waals surface area contributed by atoms with Gasteiger partial charge in [-0.25, -0.2) is 0 Å². The highest BCUT2D eigenvalue weighted by Gasteiger charge is 2.55. The van der Waals surface area contributed by atoms with Crippen LogP contribution in [0, 0.1) is 0 Å². The van der Waals surface area contributed by atoms with Crippen molar-refractivity contribution < 1.29 is 4.74 Å². The minimum Gasteiger partial charge on any atom is -0.457 e. The topological polar surface area (TPSA) is 12.5 Å². The molecule has 384 valence electrons. The van der Waals surface area contributed by atoms with E-state index in [1.165, 1.54) is 111 Å². The zero-order valence-corrected chi connectivity index (χ0v) is 47.4. The van der Waals surface area contributed by atoms with Crippen LogP contribution in [0.15, 0.2) is 200 Å². The molecule has 10 aromatic carbocycles. The molecule has 0 bridgehead atoms. The highest BCUT2D eigenvalue weighted by Crippen LogP contribution is 2.67. The highest BCUT2D eigenvalue weighted by atomic mass is 16.5. The van der Waals surface area contributed by atoms with E-state index in [-0.39, 0.29) is 21.7 Å². The molecule has 2 spiro atoms. The van der Waals surface area contributed by atoms with Crippen LogP contribution in [0.3, 0.4) is 0 Å². The summed E-state index contributed by atoms with van der Waals surface area (Å²) < 4.78 is 7.10. The molecule has 78 heavy (non-hydrogen) atoms. The maximum absolute atomic E-state index is 7.10. The molecule has 0 amide bonds. The predicted molar refractivity (Wildman–Crippen MR) is 327 cm³/mol. The van der Waals surface area contributed by atoms with Gasteiger partial charge >= 0.3 is 0 Å². The van der Waals surface area contributed by atoms with Gasteiger partial charge in [-0.05, 0) is 159 Å². The van der Waals surface area contributed by atoms with Crippen molar-refractivity contribution in [1.29, 1.82) is 0 Å². The number of ether oxygens (including phenoxy) is 1. The molecule has 3 aliphatic carbocycles. The summed E-state index contributed by atoms with van der Waals surface area (Å²) in [4.78, 5) is 2.61. The molecule has 4 aliphatic rings. The average Bonchev–Trinajstić information content (AvgIpc) is 4.18. The van der Waals surface area contributed by atoms with Crippen LogP contribution in [-0.4, -0.2) is 0 Å². The second-order valence-electron chi connectivity index (χ2n) is 26.9. The van der Waals surface area contributed by atoms with Crippen LogP contribution in [0.2, 0.25) is 0 Å². The Labute approximate surface area is 462 Å². The van der Waals surface area contributed by atoms with Crippen LogP contribution in [0.1, 0.15) is 150 Å². The number of fused-ring (bicyclic) bond motifs is 20. The van der Waals surface area contributed by atoms with Gasteiger partial charge in [-0.2, -0.15) is 0 Å². The van der Waals surface area contributed by atoms with E-state index in [0.717, 1.165) is 28.6 Å². The Kier molecular flexibility index (Phi) is 10.1. The Morgan fingerprint density at radius 3 is 1.28 bits per heavy atom. The molecule has 10 aromatic rings. The van der Waals surface area contributed by atoms with Crippen LogP contribution in [0.5, 0.6) is 11.5 Å². The fraction of sp³-hybridized carbons (Fsp3) is 0.237. The van der Waals surface area contributed by atoms with Crippen molar-refractivity contribution in [2.24, 2.45) is 0 Å². The number of hydrogen-bond donors (Lipinski definition) is 0. The third kappa shape index (κ3) is 6.68. The average molecular weight is 1010 g/mol. The van der Waals surface area contributed by atoms with E-state index in [4.69, 9.17) is 4.74 Å². The van der Waals surface area contributed by atoms with E-state index in [9.17, 15) is 0 Å². The lowest BCUT2D eigenvalue weighted by molar-refractivity contribution is 0.433. The van der Waals surface area contributed by atoms with E-state index in [2.05, 4.69) is 288 Å². The van der Waals surface area contributed by atoms with Crippen molar-refractivity contribution in [3.8, 4) is 44.9 Å². The molecule has 2 heteroatoms. The van der Waals surface area contributed by atoms with Gasteiger partial charge in [0.05, 0.1) is 22.2 Å². The first-order chi connectivity index (χ1) is 37.2. The van der Waals surface area contributed by atoms with Crippen LogP contribution >= 0.6 is 0 Å². The SMILES string of the molecule is CC(C)(C)c1ccc2c(c1)C1(c3cc(C(C)(C)C)ccc3O2)c2ccccc2-c2c(N(c3ccc4c(c3)C3(c5ccccc5-4)c4cc(C(C)(C)C)ccc4-c4ccc(C(C)(C)C)cc43)c3cccc4ccccc34)cccc21. The summed E-state index contributed by atoms with van der Waals surface area (Å²) in [6.45, 7) is 28.0. The van der Waals surface area contributed by atoms with Gasteiger partial charge in [-0.3, -0.25) is 0 Å². The van der Waals surface area contributed by atoms with Crippen molar-refractivity contribution in [2.45, 2.75) is 116 Å². The van der Waals surface area contributed by atoms with Gasteiger partial charge in [0.1, 0.15) is 11.5 Å². The van der Waals surface area contributed by atoms with Gasteiger partial charge in [-0.1, -0.05) is 235 Å². The number of nitrogens with zero attached hydrogens (tertiary/aromatic N) is 1. The lowest BCUT2D eigenvalue weighted by Crippen LogP contribution is -2.33. The quantitative estimate of drug-likeness (QED) is 0.175. The van der Waals surface area contributed by atoms with Crippen molar-refractivity contribution >= 4 is 27.8 Å². The molecular formula is C76H69NO. The minimum absolute atomic E-state index is 0.0506. The maximum Gasteiger partial charge on any atom is 0.132 e.